The molecular weight excluding hydrogens is 446 g/mol. The first-order chi connectivity index (χ1) is 15.6. The number of ether oxygens (including phenoxy) is 3. The van der Waals surface area contributed by atoms with E-state index in [1.807, 2.05) is 0 Å². The molecule has 0 aromatic heterocycles. The number of esters is 1. The van der Waals surface area contributed by atoms with Crippen LogP contribution in [0.4, 0.5) is 15.3 Å². The molecule has 3 rings (SSSR count). The Morgan fingerprint density at radius 2 is 1.62 bits per heavy atom. The lowest BCUT2D eigenvalue weighted by atomic mass is 9.78. The van der Waals surface area contributed by atoms with E-state index in [9.17, 15) is 24.5 Å². The van der Waals surface area contributed by atoms with Gasteiger partial charge in [-0.2, -0.15) is 0 Å². The third-order valence-electron chi connectivity index (χ3n) is 5.67. The zero-order chi connectivity index (χ0) is 25.6. The molecule has 2 aliphatic rings. The van der Waals surface area contributed by atoms with Crippen LogP contribution in [0.5, 0.6) is 0 Å². The smallest absolute Gasteiger partial charge is 0.416 e. The Morgan fingerprint density at radius 1 is 1.06 bits per heavy atom. The molecule has 0 N–H and O–H groups in total. The maximum absolute atomic E-state index is 13.4. The fraction of sp³-hybridized carbons (Fsp3) is 0.609. The average Bonchev–Trinajstić information content (AvgIpc) is 3.13. The number of amides is 2. The number of anilines is 1. The van der Waals surface area contributed by atoms with Crippen molar-refractivity contribution in [2.45, 2.75) is 76.8 Å². The molecule has 0 aliphatic carbocycles. The molecule has 0 saturated carbocycles. The molecule has 34 heavy (non-hydrogen) atoms. The monoisotopic (exact) mass is 477 g/mol. The number of para-hydroxylation sites is 1. The number of fused-ring (bicyclic) bond motifs is 3. The van der Waals surface area contributed by atoms with Gasteiger partial charge in [0.15, 0.2) is 0 Å². The Morgan fingerprint density at radius 3 is 2.15 bits per heavy atom. The number of nitro groups is 1. The normalized spacial score (nSPS) is 23.7. The topological polar surface area (TPSA) is 129 Å². The zero-order valence-corrected chi connectivity index (χ0v) is 20.5. The van der Waals surface area contributed by atoms with E-state index in [0.717, 1.165) is 4.90 Å². The van der Waals surface area contributed by atoms with Crippen LogP contribution in [-0.4, -0.2) is 65.0 Å². The van der Waals surface area contributed by atoms with Crippen molar-refractivity contribution in [3.63, 3.8) is 0 Å². The van der Waals surface area contributed by atoms with Crippen LogP contribution < -0.4 is 4.90 Å². The minimum atomic E-state index is -1.38. The fourth-order valence-corrected chi connectivity index (χ4v) is 4.69. The molecule has 2 heterocycles. The van der Waals surface area contributed by atoms with Gasteiger partial charge in [0.2, 0.25) is 6.54 Å². The van der Waals surface area contributed by atoms with E-state index in [1.54, 1.807) is 65.8 Å². The summed E-state index contributed by atoms with van der Waals surface area (Å²) in [6.07, 6.45) is -3.04. The maximum Gasteiger partial charge on any atom is 0.416 e. The third-order valence-corrected chi connectivity index (χ3v) is 5.67. The van der Waals surface area contributed by atoms with Crippen LogP contribution >= 0.6 is 0 Å². The lowest BCUT2D eigenvalue weighted by molar-refractivity contribution is -0.491. The molecule has 186 valence electrons. The number of nitrogens with zero attached hydrogens (tertiary/aromatic N) is 3. The summed E-state index contributed by atoms with van der Waals surface area (Å²) >= 11 is 0. The molecule has 1 aromatic rings. The van der Waals surface area contributed by atoms with Gasteiger partial charge in [-0.1, -0.05) is 18.2 Å². The van der Waals surface area contributed by atoms with Gasteiger partial charge in [0.05, 0.1) is 12.8 Å². The second-order valence-electron chi connectivity index (χ2n) is 10.5. The molecule has 11 nitrogen and oxygen atoms in total. The molecule has 1 fully saturated rings. The van der Waals surface area contributed by atoms with Crippen LogP contribution in [0.1, 0.15) is 53.5 Å². The summed E-state index contributed by atoms with van der Waals surface area (Å²) in [6, 6.07) is 5.48. The van der Waals surface area contributed by atoms with Gasteiger partial charge in [-0.25, -0.2) is 14.4 Å². The van der Waals surface area contributed by atoms with Gasteiger partial charge in [-0.3, -0.25) is 19.9 Å². The number of likely N-dealkylation sites (tertiary alicyclic amines) is 1. The average molecular weight is 478 g/mol. The van der Waals surface area contributed by atoms with Crippen molar-refractivity contribution < 1.29 is 33.5 Å². The lowest BCUT2D eigenvalue weighted by Crippen LogP contribution is -2.58. The van der Waals surface area contributed by atoms with Crippen molar-refractivity contribution in [3.8, 4) is 0 Å². The van der Waals surface area contributed by atoms with Gasteiger partial charge < -0.3 is 14.2 Å². The molecule has 0 spiro atoms. The molecule has 1 saturated heterocycles. The minimum absolute atomic E-state index is 0.124. The highest BCUT2D eigenvalue weighted by molar-refractivity contribution is 5.95. The van der Waals surface area contributed by atoms with E-state index in [1.165, 1.54) is 12.0 Å². The predicted octanol–water partition coefficient (Wildman–Crippen LogP) is 3.46. The van der Waals surface area contributed by atoms with Gasteiger partial charge in [0, 0.05) is 4.92 Å². The summed E-state index contributed by atoms with van der Waals surface area (Å²) in [7, 11) is 1.17. The van der Waals surface area contributed by atoms with Crippen molar-refractivity contribution >= 4 is 23.8 Å². The van der Waals surface area contributed by atoms with Crippen LogP contribution in [0.25, 0.3) is 0 Å². The highest BCUT2D eigenvalue weighted by atomic mass is 16.6. The number of carbonyl (C=O) groups excluding carboxylic acids is 3. The molecule has 0 unspecified atom stereocenters. The molecule has 2 amide bonds. The van der Waals surface area contributed by atoms with Crippen molar-refractivity contribution in [2.24, 2.45) is 0 Å². The van der Waals surface area contributed by atoms with Gasteiger partial charge >= 0.3 is 18.2 Å². The SMILES string of the molecule is COC(=O)[C@H]1C[C@@]2(C[N+](=O)[O-])c3ccccc3N(C(=O)OC(C)(C)C)[C@H]2N1C(=O)OC(C)(C)C. The maximum atomic E-state index is 13.4. The first-order valence-electron chi connectivity index (χ1n) is 10.9. The highest BCUT2D eigenvalue weighted by Gasteiger charge is 2.68. The Bertz CT molecular complexity index is 1010. The summed E-state index contributed by atoms with van der Waals surface area (Å²) in [4.78, 5) is 53.3. The van der Waals surface area contributed by atoms with E-state index >= 15 is 0 Å². The van der Waals surface area contributed by atoms with Crippen LogP contribution in [0.2, 0.25) is 0 Å². The van der Waals surface area contributed by atoms with Crippen LogP contribution in [-0.2, 0) is 24.4 Å². The highest BCUT2D eigenvalue weighted by Crippen LogP contribution is 2.55. The molecular formula is C23H31N3O8. The summed E-state index contributed by atoms with van der Waals surface area (Å²) in [5.41, 5.74) is -2.33. The predicted molar refractivity (Wildman–Crippen MR) is 121 cm³/mol. The second kappa shape index (κ2) is 8.44. The minimum Gasteiger partial charge on any atom is -0.467 e. The van der Waals surface area contributed by atoms with Crippen molar-refractivity contribution in [3.05, 3.63) is 39.9 Å². The molecule has 3 atom stereocenters. The number of carbonyl (C=O) groups is 3. The van der Waals surface area contributed by atoms with Crippen LogP contribution in [0.3, 0.4) is 0 Å². The van der Waals surface area contributed by atoms with E-state index in [0.29, 0.717) is 11.3 Å². The quantitative estimate of drug-likeness (QED) is 0.280. The Hall–Kier alpha value is -3.37. The van der Waals surface area contributed by atoms with Gasteiger partial charge in [-0.15, -0.1) is 0 Å². The number of hydrogen-bond donors (Lipinski definition) is 0. The largest absolute Gasteiger partial charge is 0.467 e. The standard InChI is InChI=1S/C23H31N3O8/c1-21(2,3)33-19(28)25-15-11-9-8-10-14(15)23(13-24(30)31)12-16(17(27)32-7)26(18(23)25)20(29)34-22(4,5)6/h8-11,16,18H,12-13H2,1-7H3/t16-,18+,23-/m1/s1. The second-order valence-corrected chi connectivity index (χ2v) is 10.5. The Labute approximate surface area is 198 Å². The van der Waals surface area contributed by atoms with Crippen molar-refractivity contribution in [1.29, 1.82) is 0 Å². The van der Waals surface area contributed by atoms with Gasteiger partial charge in [-0.05, 0) is 59.6 Å². The lowest BCUT2D eigenvalue weighted by Gasteiger charge is -2.37. The van der Waals surface area contributed by atoms with Crippen molar-refractivity contribution in [1.82, 2.24) is 4.90 Å². The van der Waals surface area contributed by atoms with Gasteiger partial charge in [0.1, 0.15) is 28.8 Å². The first-order valence-corrected chi connectivity index (χ1v) is 10.9. The molecule has 0 bridgehead atoms. The summed E-state index contributed by atoms with van der Waals surface area (Å²) in [5, 5.41) is 11.9. The van der Waals surface area contributed by atoms with Crippen molar-refractivity contribution in [2.75, 3.05) is 18.6 Å². The third kappa shape index (κ3) is 4.51. The zero-order valence-electron chi connectivity index (χ0n) is 20.5. The summed E-state index contributed by atoms with van der Waals surface area (Å²) in [5.74, 6) is -0.760. The molecule has 1 aromatic carbocycles. The number of benzene rings is 1. The van der Waals surface area contributed by atoms with Crippen LogP contribution in [0.15, 0.2) is 24.3 Å². The fourth-order valence-electron chi connectivity index (χ4n) is 4.69. The summed E-state index contributed by atoms with van der Waals surface area (Å²) < 4.78 is 16.1. The Balaban J connectivity index is 2.26. The van der Waals surface area contributed by atoms with E-state index in [2.05, 4.69) is 0 Å². The number of rotatable bonds is 3. The van der Waals surface area contributed by atoms with E-state index < -0.39 is 58.4 Å². The molecule has 11 heteroatoms. The Kier molecular flexibility index (Phi) is 6.27. The van der Waals surface area contributed by atoms with Gasteiger partial charge in [0.25, 0.3) is 0 Å². The summed E-state index contributed by atoms with van der Waals surface area (Å²) in [6.45, 7) is 9.42. The molecule has 2 aliphatic heterocycles. The first kappa shape index (κ1) is 25.3. The number of hydrogen-bond acceptors (Lipinski definition) is 8. The van der Waals surface area contributed by atoms with E-state index in [-0.39, 0.29) is 6.42 Å². The van der Waals surface area contributed by atoms with E-state index in [4.69, 9.17) is 14.2 Å². The molecule has 0 radical (unpaired) electrons. The number of methoxy groups -OCH3 is 1. The van der Waals surface area contributed by atoms with Crippen LogP contribution in [0, 0.1) is 10.1 Å².